The van der Waals surface area contributed by atoms with E-state index in [4.69, 9.17) is 5.73 Å². The summed E-state index contributed by atoms with van der Waals surface area (Å²) in [6, 6.07) is 0.566. The molecular weight excluding hydrogens is 245 g/mol. The Morgan fingerprint density at radius 1 is 1.17 bits per heavy atom. The van der Waals surface area contributed by atoms with Gasteiger partial charge in [0.1, 0.15) is 6.61 Å². The van der Waals surface area contributed by atoms with Crippen molar-refractivity contribution in [2.24, 2.45) is 5.73 Å². The molecule has 0 aromatic rings. The van der Waals surface area contributed by atoms with Gasteiger partial charge in [0, 0.05) is 32.3 Å². The number of halogens is 3. The topological polar surface area (TPSA) is 38.5 Å². The van der Waals surface area contributed by atoms with E-state index in [1.54, 1.807) is 0 Å². The highest BCUT2D eigenvalue weighted by Gasteiger charge is 2.27. The zero-order valence-corrected chi connectivity index (χ0v) is 10.7. The van der Waals surface area contributed by atoms with Crippen molar-refractivity contribution in [1.82, 2.24) is 4.90 Å². The highest BCUT2D eigenvalue weighted by Crippen LogP contribution is 2.23. The Morgan fingerprint density at radius 3 is 2.39 bits per heavy atom. The summed E-state index contributed by atoms with van der Waals surface area (Å²) in [6.07, 6.45) is 1.27. The van der Waals surface area contributed by atoms with Crippen LogP contribution in [0.5, 0.6) is 0 Å². The first kappa shape index (κ1) is 15.7. The van der Waals surface area contributed by atoms with Gasteiger partial charge in [-0.05, 0) is 19.3 Å². The predicted octanol–water partition coefficient (Wildman–Crippen LogP) is 2.16. The van der Waals surface area contributed by atoms with Crippen molar-refractivity contribution in [1.29, 1.82) is 0 Å². The van der Waals surface area contributed by atoms with Crippen LogP contribution in [0.1, 0.15) is 32.1 Å². The van der Waals surface area contributed by atoms with Crippen molar-refractivity contribution in [3.63, 3.8) is 0 Å². The van der Waals surface area contributed by atoms with E-state index in [1.807, 2.05) is 0 Å². The molecule has 0 bridgehead atoms. The first-order valence-corrected chi connectivity index (χ1v) is 6.61. The first-order valence-electron chi connectivity index (χ1n) is 6.61. The van der Waals surface area contributed by atoms with Gasteiger partial charge in [0.15, 0.2) is 0 Å². The van der Waals surface area contributed by atoms with Gasteiger partial charge in [-0.2, -0.15) is 13.2 Å². The van der Waals surface area contributed by atoms with Crippen molar-refractivity contribution < 1.29 is 17.9 Å². The summed E-state index contributed by atoms with van der Waals surface area (Å²) in [7, 11) is 0. The number of hydrogen-bond acceptors (Lipinski definition) is 3. The summed E-state index contributed by atoms with van der Waals surface area (Å²) in [4.78, 5) is 2.30. The minimum atomic E-state index is -4.22. The maximum Gasteiger partial charge on any atom is 0.411 e. The minimum absolute atomic E-state index is 0.160. The summed E-state index contributed by atoms with van der Waals surface area (Å²) < 4.78 is 40.2. The molecule has 1 fully saturated rings. The number of alkyl halides is 3. The van der Waals surface area contributed by atoms with Crippen LogP contribution in [0.4, 0.5) is 13.2 Å². The fourth-order valence-electron chi connectivity index (χ4n) is 2.47. The molecule has 1 saturated carbocycles. The van der Waals surface area contributed by atoms with E-state index >= 15 is 0 Å². The summed E-state index contributed by atoms with van der Waals surface area (Å²) in [6.45, 7) is 1.21. The molecule has 1 rings (SSSR count). The van der Waals surface area contributed by atoms with Crippen LogP contribution in [0.25, 0.3) is 0 Å². The molecule has 0 unspecified atom stereocenters. The van der Waals surface area contributed by atoms with Crippen LogP contribution in [0.15, 0.2) is 0 Å². The Balaban J connectivity index is 2.13. The van der Waals surface area contributed by atoms with Gasteiger partial charge in [0.25, 0.3) is 0 Å². The average molecular weight is 268 g/mol. The van der Waals surface area contributed by atoms with Crippen LogP contribution in [-0.2, 0) is 4.74 Å². The normalized spacial score (nSPS) is 17.8. The quantitative estimate of drug-likeness (QED) is 0.686. The molecule has 6 heteroatoms. The Morgan fingerprint density at radius 2 is 1.83 bits per heavy atom. The fraction of sp³-hybridized carbons (Fsp3) is 1.00. The van der Waals surface area contributed by atoms with Crippen LogP contribution in [-0.4, -0.2) is 50.0 Å². The molecule has 1 aliphatic rings. The van der Waals surface area contributed by atoms with Gasteiger partial charge < -0.3 is 10.5 Å². The van der Waals surface area contributed by atoms with E-state index in [2.05, 4.69) is 9.64 Å². The molecule has 18 heavy (non-hydrogen) atoms. The highest BCUT2D eigenvalue weighted by molar-refractivity contribution is 4.77. The maximum atomic E-state index is 11.9. The van der Waals surface area contributed by atoms with Gasteiger partial charge in [-0.25, -0.2) is 0 Å². The number of hydrogen-bond donors (Lipinski definition) is 1. The van der Waals surface area contributed by atoms with Gasteiger partial charge in [-0.1, -0.05) is 12.8 Å². The predicted molar refractivity (Wildman–Crippen MR) is 64.4 cm³/mol. The number of nitrogens with two attached hydrogens (primary N) is 1. The molecule has 0 heterocycles. The lowest BCUT2D eigenvalue weighted by Gasteiger charge is -2.28. The number of rotatable bonds is 8. The Bertz CT molecular complexity index is 218. The molecule has 0 radical (unpaired) electrons. The third-order valence-corrected chi connectivity index (χ3v) is 3.26. The van der Waals surface area contributed by atoms with Crippen LogP contribution < -0.4 is 5.73 Å². The third kappa shape index (κ3) is 6.56. The first-order chi connectivity index (χ1) is 8.53. The van der Waals surface area contributed by atoms with Gasteiger partial charge in [0.05, 0.1) is 0 Å². The second kappa shape index (κ2) is 7.96. The number of ether oxygens (including phenoxy) is 1. The van der Waals surface area contributed by atoms with Crippen molar-refractivity contribution in [2.75, 3.05) is 32.8 Å². The summed E-state index contributed by atoms with van der Waals surface area (Å²) in [5.41, 5.74) is 5.56. The molecule has 108 valence electrons. The van der Waals surface area contributed by atoms with Gasteiger partial charge in [0.2, 0.25) is 0 Å². The van der Waals surface area contributed by atoms with E-state index < -0.39 is 12.8 Å². The molecule has 1 aliphatic carbocycles. The van der Waals surface area contributed by atoms with E-state index in [-0.39, 0.29) is 6.61 Å². The van der Waals surface area contributed by atoms with E-state index in [9.17, 15) is 13.2 Å². The van der Waals surface area contributed by atoms with E-state index in [0.29, 0.717) is 19.0 Å². The standard InChI is InChI=1S/C12H23F3N2O/c13-12(14,15)10-18-9-3-7-17(8-6-16)11-4-1-2-5-11/h11H,1-10,16H2. The second-order valence-electron chi connectivity index (χ2n) is 4.78. The second-order valence-corrected chi connectivity index (χ2v) is 4.78. The molecule has 0 spiro atoms. The molecular formula is C12H23F3N2O. The molecule has 0 amide bonds. The lowest BCUT2D eigenvalue weighted by atomic mass is 10.2. The summed E-state index contributed by atoms with van der Waals surface area (Å²) in [5.74, 6) is 0. The minimum Gasteiger partial charge on any atom is -0.372 e. The smallest absolute Gasteiger partial charge is 0.372 e. The molecule has 0 aromatic carbocycles. The monoisotopic (exact) mass is 268 g/mol. The number of nitrogens with zero attached hydrogens (tertiary/aromatic N) is 1. The maximum absolute atomic E-state index is 11.9. The largest absolute Gasteiger partial charge is 0.411 e. The summed E-state index contributed by atoms with van der Waals surface area (Å²) in [5, 5.41) is 0. The molecule has 0 aliphatic heterocycles. The van der Waals surface area contributed by atoms with Gasteiger partial charge in [-0.3, -0.25) is 4.90 Å². The molecule has 0 aromatic heterocycles. The van der Waals surface area contributed by atoms with Crippen molar-refractivity contribution in [3.05, 3.63) is 0 Å². The van der Waals surface area contributed by atoms with E-state index in [1.165, 1.54) is 25.7 Å². The van der Waals surface area contributed by atoms with E-state index in [0.717, 1.165) is 13.1 Å². The Kier molecular flexibility index (Phi) is 6.96. The van der Waals surface area contributed by atoms with Gasteiger partial charge in [-0.15, -0.1) is 0 Å². The zero-order valence-electron chi connectivity index (χ0n) is 10.7. The van der Waals surface area contributed by atoms with Crippen LogP contribution in [0.2, 0.25) is 0 Å². The lowest BCUT2D eigenvalue weighted by Crippen LogP contribution is -2.38. The molecule has 3 nitrogen and oxygen atoms in total. The lowest BCUT2D eigenvalue weighted by molar-refractivity contribution is -0.174. The van der Waals surface area contributed by atoms with Crippen molar-refractivity contribution in [2.45, 2.75) is 44.3 Å². The fourth-order valence-corrected chi connectivity index (χ4v) is 2.47. The van der Waals surface area contributed by atoms with Crippen molar-refractivity contribution in [3.8, 4) is 0 Å². The van der Waals surface area contributed by atoms with Crippen LogP contribution in [0.3, 0.4) is 0 Å². The van der Waals surface area contributed by atoms with Crippen molar-refractivity contribution >= 4 is 0 Å². The molecule has 2 N–H and O–H groups in total. The highest BCUT2D eigenvalue weighted by atomic mass is 19.4. The molecule has 0 atom stereocenters. The summed E-state index contributed by atoms with van der Waals surface area (Å²) >= 11 is 0. The zero-order chi connectivity index (χ0) is 13.4. The van der Waals surface area contributed by atoms with Crippen LogP contribution in [0, 0.1) is 0 Å². The Labute approximate surface area is 106 Å². The van der Waals surface area contributed by atoms with Crippen LogP contribution >= 0.6 is 0 Å². The SMILES string of the molecule is NCCN(CCCOCC(F)(F)F)C1CCCC1. The van der Waals surface area contributed by atoms with Gasteiger partial charge >= 0.3 is 6.18 Å². The third-order valence-electron chi connectivity index (χ3n) is 3.26. The molecule has 0 saturated heterocycles. The Hall–Kier alpha value is -0.330. The average Bonchev–Trinajstić information content (AvgIpc) is 2.79.